The van der Waals surface area contributed by atoms with Crippen molar-refractivity contribution in [2.45, 2.75) is 31.5 Å². The molecule has 1 aliphatic heterocycles. The van der Waals surface area contributed by atoms with Crippen LogP contribution in [-0.4, -0.2) is 23.8 Å². The molecule has 1 fully saturated rings. The summed E-state index contributed by atoms with van der Waals surface area (Å²) in [6, 6.07) is 5.48. The van der Waals surface area contributed by atoms with Crippen molar-refractivity contribution in [2.75, 3.05) is 13.2 Å². The molecule has 2 rings (SSSR count). The number of hydrogen-bond donors (Lipinski definition) is 2. The molecular weight excluding hydrogens is 255 g/mol. The second-order valence-corrected chi connectivity index (χ2v) is 5.57. The van der Waals surface area contributed by atoms with Crippen LogP contribution in [0, 0.1) is 5.92 Å². The molecule has 19 heavy (non-hydrogen) atoms. The largest absolute Gasteiger partial charge is 0.416 e. The van der Waals surface area contributed by atoms with E-state index in [1.54, 1.807) is 6.07 Å². The Morgan fingerprint density at radius 1 is 1.42 bits per heavy atom. The van der Waals surface area contributed by atoms with E-state index < -0.39 is 11.7 Å². The summed E-state index contributed by atoms with van der Waals surface area (Å²) in [7, 11) is 0. The molecule has 106 valence electrons. The van der Waals surface area contributed by atoms with Crippen LogP contribution in [0.3, 0.4) is 0 Å². The van der Waals surface area contributed by atoms with Gasteiger partial charge >= 0.3 is 6.18 Å². The van der Waals surface area contributed by atoms with Crippen molar-refractivity contribution in [3.63, 3.8) is 0 Å². The normalized spacial score (nSPS) is 27.7. The first-order valence-electron chi connectivity index (χ1n) is 6.34. The quantitative estimate of drug-likeness (QED) is 0.887. The average molecular weight is 273 g/mol. The molecule has 1 heterocycles. The standard InChI is InChI=1S/C14H18F3NO/c1-13(9-19)7-11(8-18-13)5-10-3-2-4-12(6-10)14(15,16)17/h2-4,6,11,18-19H,5,7-9H2,1H3. The van der Waals surface area contributed by atoms with Gasteiger partial charge in [0, 0.05) is 5.54 Å². The predicted octanol–water partition coefficient (Wildman–Crippen LogP) is 2.61. The topological polar surface area (TPSA) is 32.3 Å². The van der Waals surface area contributed by atoms with Gasteiger partial charge in [0.15, 0.2) is 0 Å². The molecule has 0 saturated carbocycles. The molecule has 0 radical (unpaired) electrons. The van der Waals surface area contributed by atoms with E-state index in [4.69, 9.17) is 0 Å². The zero-order valence-corrected chi connectivity index (χ0v) is 10.8. The second kappa shape index (κ2) is 5.13. The van der Waals surface area contributed by atoms with Crippen molar-refractivity contribution < 1.29 is 18.3 Å². The van der Waals surface area contributed by atoms with Crippen LogP contribution in [0.5, 0.6) is 0 Å². The van der Waals surface area contributed by atoms with E-state index in [0.29, 0.717) is 12.0 Å². The van der Waals surface area contributed by atoms with Gasteiger partial charge in [0.2, 0.25) is 0 Å². The van der Waals surface area contributed by atoms with Crippen molar-refractivity contribution in [1.29, 1.82) is 0 Å². The second-order valence-electron chi connectivity index (χ2n) is 5.57. The van der Waals surface area contributed by atoms with Gasteiger partial charge in [-0.25, -0.2) is 0 Å². The van der Waals surface area contributed by atoms with E-state index >= 15 is 0 Å². The highest BCUT2D eigenvalue weighted by Gasteiger charge is 2.34. The lowest BCUT2D eigenvalue weighted by molar-refractivity contribution is -0.137. The maximum absolute atomic E-state index is 12.6. The Kier molecular flexibility index (Phi) is 3.87. The van der Waals surface area contributed by atoms with Crippen LogP contribution in [-0.2, 0) is 12.6 Å². The fourth-order valence-electron chi connectivity index (χ4n) is 2.64. The van der Waals surface area contributed by atoms with Crippen LogP contribution in [0.15, 0.2) is 24.3 Å². The van der Waals surface area contributed by atoms with E-state index in [1.807, 2.05) is 6.92 Å². The molecule has 0 aromatic heterocycles. The van der Waals surface area contributed by atoms with Crippen molar-refractivity contribution in [3.8, 4) is 0 Å². The van der Waals surface area contributed by atoms with E-state index in [2.05, 4.69) is 5.32 Å². The van der Waals surface area contributed by atoms with Gasteiger partial charge < -0.3 is 10.4 Å². The summed E-state index contributed by atoms with van der Waals surface area (Å²) in [6.07, 6.45) is -2.91. The molecule has 0 amide bonds. The van der Waals surface area contributed by atoms with E-state index in [-0.39, 0.29) is 18.1 Å². The van der Waals surface area contributed by atoms with Crippen LogP contribution < -0.4 is 5.32 Å². The Bertz CT molecular complexity index is 447. The molecule has 2 unspecified atom stereocenters. The van der Waals surface area contributed by atoms with Crippen molar-refractivity contribution in [1.82, 2.24) is 5.32 Å². The van der Waals surface area contributed by atoms with Gasteiger partial charge in [-0.3, -0.25) is 0 Å². The third-order valence-electron chi connectivity index (χ3n) is 3.68. The summed E-state index contributed by atoms with van der Waals surface area (Å²) in [6.45, 7) is 2.71. The van der Waals surface area contributed by atoms with Gasteiger partial charge in [-0.1, -0.05) is 18.2 Å². The summed E-state index contributed by atoms with van der Waals surface area (Å²) in [4.78, 5) is 0. The molecule has 0 spiro atoms. The third-order valence-corrected chi connectivity index (χ3v) is 3.68. The smallest absolute Gasteiger partial charge is 0.394 e. The monoisotopic (exact) mass is 273 g/mol. The third kappa shape index (κ3) is 3.48. The molecule has 1 aliphatic rings. The van der Waals surface area contributed by atoms with Crippen LogP contribution in [0.25, 0.3) is 0 Å². The molecule has 5 heteroatoms. The van der Waals surface area contributed by atoms with Crippen LogP contribution >= 0.6 is 0 Å². The van der Waals surface area contributed by atoms with Crippen LogP contribution in [0.4, 0.5) is 13.2 Å². The highest BCUT2D eigenvalue weighted by molar-refractivity contribution is 5.26. The fraction of sp³-hybridized carbons (Fsp3) is 0.571. The number of aliphatic hydroxyl groups is 1. The van der Waals surface area contributed by atoms with Crippen LogP contribution in [0.2, 0.25) is 0 Å². The number of nitrogens with one attached hydrogen (secondary N) is 1. The maximum Gasteiger partial charge on any atom is 0.416 e. The van der Waals surface area contributed by atoms with Gasteiger partial charge in [-0.05, 0) is 43.9 Å². The molecular formula is C14H18F3NO. The first kappa shape index (κ1) is 14.3. The van der Waals surface area contributed by atoms with E-state index in [9.17, 15) is 18.3 Å². The highest BCUT2D eigenvalue weighted by Crippen LogP contribution is 2.31. The van der Waals surface area contributed by atoms with Crippen molar-refractivity contribution in [2.24, 2.45) is 5.92 Å². The molecule has 2 nitrogen and oxygen atoms in total. The fourth-order valence-corrected chi connectivity index (χ4v) is 2.64. The summed E-state index contributed by atoms with van der Waals surface area (Å²) in [5.41, 5.74) is -0.198. The number of aliphatic hydroxyl groups excluding tert-OH is 1. The average Bonchev–Trinajstić information content (AvgIpc) is 2.71. The molecule has 2 N–H and O–H groups in total. The molecule has 2 atom stereocenters. The van der Waals surface area contributed by atoms with Crippen molar-refractivity contribution >= 4 is 0 Å². The lowest BCUT2D eigenvalue weighted by Gasteiger charge is -2.21. The lowest BCUT2D eigenvalue weighted by Crippen LogP contribution is -2.39. The number of alkyl halides is 3. The number of hydrogen-bond acceptors (Lipinski definition) is 2. The zero-order valence-electron chi connectivity index (χ0n) is 10.8. The number of halogens is 3. The first-order chi connectivity index (χ1) is 8.82. The van der Waals surface area contributed by atoms with Crippen molar-refractivity contribution in [3.05, 3.63) is 35.4 Å². The Hall–Kier alpha value is -1.07. The predicted molar refractivity (Wildman–Crippen MR) is 66.7 cm³/mol. The minimum atomic E-state index is -4.29. The van der Waals surface area contributed by atoms with Gasteiger partial charge in [0.05, 0.1) is 12.2 Å². The maximum atomic E-state index is 12.6. The Morgan fingerprint density at radius 3 is 2.74 bits per heavy atom. The molecule has 0 aliphatic carbocycles. The Morgan fingerprint density at radius 2 is 2.16 bits per heavy atom. The summed E-state index contributed by atoms with van der Waals surface area (Å²) >= 11 is 0. The summed E-state index contributed by atoms with van der Waals surface area (Å²) in [5, 5.41) is 12.5. The highest BCUT2D eigenvalue weighted by atomic mass is 19.4. The van der Waals surface area contributed by atoms with Gasteiger partial charge in [0.1, 0.15) is 0 Å². The first-order valence-corrected chi connectivity index (χ1v) is 6.34. The van der Waals surface area contributed by atoms with E-state index in [0.717, 1.165) is 19.0 Å². The Balaban J connectivity index is 2.05. The lowest BCUT2D eigenvalue weighted by atomic mass is 9.91. The van der Waals surface area contributed by atoms with Gasteiger partial charge in [-0.2, -0.15) is 13.2 Å². The molecule has 0 bridgehead atoms. The minimum absolute atomic E-state index is 0.0477. The number of benzene rings is 1. The minimum Gasteiger partial charge on any atom is -0.394 e. The summed E-state index contributed by atoms with van der Waals surface area (Å²) in [5.74, 6) is 0.264. The molecule has 1 saturated heterocycles. The molecule has 1 aromatic carbocycles. The zero-order chi connectivity index (χ0) is 14.1. The molecule has 1 aromatic rings. The van der Waals surface area contributed by atoms with Crippen LogP contribution in [0.1, 0.15) is 24.5 Å². The summed E-state index contributed by atoms with van der Waals surface area (Å²) < 4.78 is 37.8. The van der Waals surface area contributed by atoms with Gasteiger partial charge in [0.25, 0.3) is 0 Å². The van der Waals surface area contributed by atoms with E-state index in [1.165, 1.54) is 12.1 Å². The van der Waals surface area contributed by atoms with Gasteiger partial charge in [-0.15, -0.1) is 0 Å². The Labute approximate surface area is 110 Å². The number of rotatable bonds is 3. The SMILES string of the molecule is CC1(CO)CC(Cc2cccc(C(F)(F)F)c2)CN1.